The Bertz CT molecular complexity index is 527. The zero-order valence-electron chi connectivity index (χ0n) is 10.9. The van der Waals surface area contributed by atoms with Crippen molar-refractivity contribution in [1.29, 1.82) is 0 Å². The Labute approximate surface area is 112 Å². The number of anilines is 2. The topological polar surface area (TPSA) is 116 Å². The molecule has 0 aliphatic rings. The highest BCUT2D eigenvalue weighted by Gasteiger charge is 2.19. The fourth-order valence-corrected chi connectivity index (χ4v) is 2.33. The van der Waals surface area contributed by atoms with Gasteiger partial charge < -0.3 is 21.3 Å². The van der Waals surface area contributed by atoms with Crippen molar-refractivity contribution in [2.45, 2.75) is 10.9 Å². The van der Waals surface area contributed by atoms with Gasteiger partial charge in [0.15, 0.2) is 0 Å². The van der Waals surface area contributed by atoms with Crippen LogP contribution >= 0.6 is 0 Å². The van der Waals surface area contributed by atoms with Crippen LogP contribution in [-0.2, 0) is 10.0 Å². The molecule has 1 rings (SSSR count). The van der Waals surface area contributed by atoms with Gasteiger partial charge in [-0.2, -0.15) is 0 Å². The monoisotopic (exact) mass is 289 g/mol. The van der Waals surface area contributed by atoms with E-state index in [4.69, 9.17) is 15.9 Å². The smallest absolute Gasteiger partial charge is 0.242 e. The van der Waals surface area contributed by atoms with Crippen LogP contribution in [0.2, 0.25) is 0 Å². The first kappa shape index (κ1) is 15.7. The summed E-state index contributed by atoms with van der Waals surface area (Å²) in [5.41, 5.74) is 6.43. The molecule has 0 aliphatic heterocycles. The van der Waals surface area contributed by atoms with E-state index in [1.54, 1.807) is 0 Å². The zero-order chi connectivity index (χ0) is 14.6. The second-order valence-electron chi connectivity index (χ2n) is 4.24. The number of hydrogen-bond acceptors (Lipinski definition) is 6. The maximum atomic E-state index is 12.0. The van der Waals surface area contributed by atoms with Crippen molar-refractivity contribution >= 4 is 21.4 Å². The van der Waals surface area contributed by atoms with Gasteiger partial charge >= 0.3 is 0 Å². The third-order valence-electron chi connectivity index (χ3n) is 2.60. The van der Waals surface area contributed by atoms with E-state index in [0.29, 0.717) is 11.4 Å². The molecule has 0 spiro atoms. The Morgan fingerprint density at radius 3 is 2.37 bits per heavy atom. The number of aliphatic hydroxyl groups is 2. The van der Waals surface area contributed by atoms with E-state index in [1.165, 1.54) is 32.3 Å². The van der Waals surface area contributed by atoms with E-state index in [0.717, 1.165) is 4.31 Å². The molecule has 7 nitrogen and oxygen atoms in total. The minimum atomic E-state index is -3.55. The Morgan fingerprint density at radius 1 is 1.32 bits per heavy atom. The lowest BCUT2D eigenvalue weighted by molar-refractivity contribution is 0.204. The largest absolute Gasteiger partial charge is 0.397 e. The number of hydrogen-bond donors (Lipinski definition) is 4. The average molecular weight is 289 g/mol. The summed E-state index contributed by atoms with van der Waals surface area (Å²) in [4.78, 5) is 0.0869. The second kappa shape index (κ2) is 6.20. The van der Waals surface area contributed by atoms with Gasteiger partial charge in [0.25, 0.3) is 0 Å². The Hall–Kier alpha value is -1.35. The molecule has 0 heterocycles. The molecule has 0 fully saturated rings. The van der Waals surface area contributed by atoms with Gasteiger partial charge in [0.2, 0.25) is 10.0 Å². The van der Waals surface area contributed by atoms with Crippen LogP contribution in [0.1, 0.15) is 0 Å². The van der Waals surface area contributed by atoms with Crippen molar-refractivity contribution in [3.8, 4) is 0 Å². The SMILES string of the molecule is CN(C)S(=O)(=O)c1ccc(N)c(NC(CO)CO)c1. The van der Waals surface area contributed by atoms with Gasteiger partial charge in [-0.3, -0.25) is 0 Å². The molecule has 0 amide bonds. The van der Waals surface area contributed by atoms with Gasteiger partial charge in [-0.05, 0) is 18.2 Å². The third kappa shape index (κ3) is 3.57. The molecule has 0 saturated carbocycles. The van der Waals surface area contributed by atoms with Crippen molar-refractivity contribution in [3.05, 3.63) is 18.2 Å². The number of aliphatic hydroxyl groups excluding tert-OH is 2. The van der Waals surface area contributed by atoms with Gasteiger partial charge in [-0.15, -0.1) is 0 Å². The van der Waals surface area contributed by atoms with Crippen LogP contribution in [0.4, 0.5) is 11.4 Å². The van der Waals surface area contributed by atoms with E-state index >= 15 is 0 Å². The van der Waals surface area contributed by atoms with Gasteiger partial charge in [0, 0.05) is 14.1 Å². The number of nitrogen functional groups attached to an aromatic ring is 1. The second-order valence-corrected chi connectivity index (χ2v) is 6.39. The molecule has 0 unspecified atom stereocenters. The number of nitrogens with zero attached hydrogens (tertiary/aromatic N) is 1. The van der Waals surface area contributed by atoms with Crippen molar-refractivity contribution in [3.63, 3.8) is 0 Å². The van der Waals surface area contributed by atoms with Gasteiger partial charge in [-0.25, -0.2) is 12.7 Å². The molecule has 0 radical (unpaired) electrons. The molecular formula is C11H19N3O4S. The van der Waals surface area contributed by atoms with Crippen molar-refractivity contribution in [2.75, 3.05) is 38.4 Å². The Kier molecular flexibility index (Phi) is 5.12. The number of nitrogens with one attached hydrogen (secondary N) is 1. The molecule has 5 N–H and O–H groups in total. The van der Waals surface area contributed by atoms with Crippen LogP contribution in [0, 0.1) is 0 Å². The van der Waals surface area contributed by atoms with Crippen LogP contribution in [0.3, 0.4) is 0 Å². The summed E-state index contributed by atoms with van der Waals surface area (Å²) in [5.74, 6) is 0. The molecule has 0 aromatic heterocycles. The first-order valence-electron chi connectivity index (χ1n) is 5.63. The van der Waals surface area contributed by atoms with E-state index < -0.39 is 16.1 Å². The predicted octanol–water partition coefficient (Wildman–Crippen LogP) is -0.716. The first-order valence-corrected chi connectivity index (χ1v) is 7.07. The fourth-order valence-electron chi connectivity index (χ4n) is 1.40. The molecule has 19 heavy (non-hydrogen) atoms. The van der Waals surface area contributed by atoms with Gasteiger partial charge in [0.1, 0.15) is 0 Å². The van der Waals surface area contributed by atoms with E-state index in [2.05, 4.69) is 5.32 Å². The summed E-state index contributed by atoms with van der Waals surface area (Å²) in [6.45, 7) is -0.582. The minimum absolute atomic E-state index is 0.0869. The summed E-state index contributed by atoms with van der Waals surface area (Å²) in [7, 11) is -0.685. The van der Waals surface area contributed by atoms with Crippen LogP contribution in [0.25, 0.3) is 0 Å². The van der Waals surface area contributed by atoms with Crippen LogP contribution in [0.15, 0.2) is 23.1 Å². The number of sulfonamides is 1. The number of rotatable bonds is 6. The molecule has 0 saturated heterocycles. The molecule has 1 aromatic rings. The van der Waals surface area contributed by atoms with Crippen molar-refractivity contribution < 1.29 is 18.6 Å². The van der Waals surface area contributed by atoms with Gasteiger partial charge in [-0.1, -0.05) is 0 Å². The van der Waals surface area contributed by atoms with Crippen molar-refractivity contribution in [1.82, 2.24) is 4.31 Å². The molecule has 0 atom stereocenters. The minimum Gasteiger partial charge on any atom is -0.397 e. The summed E-state index contributed by atoms with van der Waals surface area (Å²) >= 11 is 0. The lowest BCUT2D eigenvalue weighted by Crippen LogP contribution is -2.28. The maximum Gasteiger partial charge on any atom is 0.242 e. The predicted molar refractivity (Wildman–Crippen MR) is 73.3 cm³/mol. The number of benzene rings is 1. The normalized spacial score (nSPS) is 12.1. The van der Waals surface area contributed by atoms with E-state index in [-0.39, 0.29) is 18.1 Å². The quantitative estimate of drug-likeness (QED) is 0.514. The zero-order valence-corrected chi connectivity index (χ0v) is 11.7. The third-order valence-corrected chi connectivity index (χ3v) is 4.41. The van der Waals surface area contributed by atoms with E-state index in [9.17, 15) is 8.42 Å². The number of nitrogens with two attached hydrogens (primary N) is 1. The standard InChI is InChI=1S/C11H19N3O4S/c1-14(2)19(17,18)9-3-4-10(12)11(5-9)13-8(6-15)7-16/h3-5,8,13,15-16H,6-7,12H2,1-2H3. The lowest BCUT2D eigenvalue weighted by Gasteiger charge is -2.18. The Balaban J connectivity index is 3.14. The average Bonchev–Trinajstić information content (AvgIpc) is 2.37. The highest BCUT2D eigenvalue weighted by atomic mass is 32.2. The summed E-state index contributed by atoms with van der Waals surface area (Å²) in [6.07, 6.45) is 0. The van der Waals surface area contributed by atoms with Gasteiger partial charge in [0.05, 0.1) is 35.5 Å². The first-order chi connectivity index (χ1) is 8.82. The summed E-state index contributed by atoms with van der Waals surface area (Å²) in [6, 6.07) is 3.65. The molecular weight excluding hydrogens is 270 g/mol. The molecule has 0 aliphatic carbocycles. The summed E-state index contributed by atoms with van der Waals surface area (Å²) in [5, 5.41) is 20.8. The lowest BCUT2D eigenvalue weighted by atomic mass is 10.2. The van der Waals surface area contributed by atoms with E-state index in [1.807, 2.05) is 0 Å². The fraction of sp³-hybridized carbons (Fsp3) is 0.455. The maximum absolute atomic E-state index is 12.0. The molecule has 1 aromatic carbocycles. The molecule has 0 bridgehead atoms. The highest BCUT2D eigenvalue weighted by Crippen LogP contribution is 2.24. The Morgan fingerprint density at radius 2 is 1.89 bits per heavy atom. The molecule has 108 valence electrons. The van der Waals surface area contributed by atoms with Crippen molar-refractivity contribution in [2.24, 2.45) is 0 Å². The highest BCUT2D eigenvalue weighted by molar-refractivity contribution is 7.89. The molecule has 8 heteroatoms. The summed E-state index contributed by atoms with van der Waals surface area (Å²) < 4.78 is 25.1. The van der Waals surface area contributed by atoms with Crippen LogP contribution in [0.5, 0.6) is 0 Å². The van der Waals surface area contributed by atoms with Crippen LogP contribution in [-0.4, -0.2) is 56.3 Å². The van der Waals surface area contributed by atoms with Crippen LogP contribution < -0.4 is 11.1 Å².